The zero-order valence-electron chi connectivity index (χ0n) is 9.64. The fraction of sp³-hybridized carbons (Fsp3) is 0.222. The molecule has 0 atom stereocenters. The topological polar surface area (TPSA) is 113 Å². The minimum atomic E-state index is -3.74. The molecule has 1 rings (SSSR count). The fourth-order valence-corrected chi connectivity index (χ4v) is 2.20. The van der Waals surface area contributed by atoms with Gasteiger partial charge in [0, 0.05) is 18.6 Å². The summed E-state index contributed by atoms with van der Waals surface area (Å²) < 4.78 is 26.8. The van der Waals surface area contributed by atoms with Gasteiger partial charge in [-0.2, -0.15) is 12.7 Å². The number of hydrogen-bond donors (Lipinski definition) is 3. The van der Waals surface area contributed by atoms with E-state index in [9.17, 15) is 13.2 Å². The van der Waals surface area contributed by atoms with E-state index in [2.05, 4.69) is 20.7 Å². The first-order chi connectivity index (χ1) is 8.15. The molecule has 0 aliphatic carbocycles. The van der Waals surface area contributed by atoms with E-state index in [0.29, 0.717) is 4.47 Å². The van der Waals surface area contributed by atoms with Gasteiger partial charge >= 0.3 is 16.2 Å². The van der Waals surface area contributed by atoms with Gasteiger partial charge in [0.1, 0.15) is 0 Å². The van der Waals surface area contributed by atoms with Crippen LogP contribution >= 0.6 is 15.9 Å². The third-order valence-corrected chi connectivity index (χ3v) is 3.99. The number of carbonyl (C=O) groups is 1. The summed E-state index contributed by atoms with van der Waals surface area (Å²) in [6.45, 7) is 0. The molecule has 0 heterocycles. The number of hydrogen-bond acceptors (Lipinski definition) is 4. The van der Waals surface area contributed by atoms with E-state index < -0.39 is 16.2 Å². The molecule has 0 unspecified atom stereocenters. The van der Waals surface area contributed by atoms with Gasteiger partial charge in [-0.25, -0.2) is 4.79 Å². The van der Waals surface area contributed by atoms with E-state index in [4.69, 9.17) is 10.8 Å². The number of carboxylic acids is 1. The van der Waals surface area contributed by atoms with Gasteiger partial charge in [0.25, 0.3) is 0 Å². The highest BCUT2D eigenvalue weighted by Crippen LogP contribution is 2.29. The molecular formula is C9H12BrN3O4S. The molecular weight excluding hydrogens is 326 g/mol. The molecule has 0 spiro atoms. The van der Waals surface area contributed by atoms with Gasteiger partial charge in [0.05, 0.1) is 16.9 Å². The van der Waals surface area contributed by atoms with Gasteiger partial charge in [0.15, 0.2) is 0 Å². The van der Waals surface area contributed by atoms with Crippen LogP contribution in [0.4, 0.5) is 11.4 Å². The van der Waals surface area contributed by atoms with E-state index in [-0.39, 0.29) is 16.9 Å². The lowest BCUT2D eigenvalue weighted by atomic mass is 10.1. The van der Waals surface area contributed by atoms with Crippen molar-refractivity contribution in [1.29, 1.82) is 0 Å². The van der Waals surface area contributed by atoms with Crippen LogP contribution in [0, 0.1) is 0 Å². The van der Waals surface area contributed by atoms with Crippen molar-refractivity contribution in [2.75, 3.05) is 24.6 Å². The number of anilines is 2. The molecule has 1 aromatic carbocycles. The van der Waals surface area contributed by atoms with Gasteiger partial charge < -0.3 is 10.8 Å². The minimum Gasteiger partial charge on any atom is -0.478 e. The summed E-state index contributed by atoms with van der Waals surface area (Å²) in [7, 11) is -1.06. The van der Waals surface area contributed by atoms with Crippen LogP contribution in [-0.2, 0) is 10.2 Å². The molecule has 1 aromatic rings. The average molecular weight is 338 g/mol. The lowest BCUT2D eigenvalue weighted by Crippen LogP contribution is -2.29. The van der Waals surface area contributed by atoms with Crippen molar-refractivity contribution in [2.24, 2.45) is 0 Å². The number of nitrogen functional groups attached to an aromatic ring is 1. The molecule has 0 bridgehead atoms. The number of halogens is 1. The summed E-state index contributed by atoms with van der Waals surface area (Å²) >= 11 is 3.09. The first kappa shape index (κ1) is 14.7. The number of aromatic carboxylic acids is 1. The van der Waals surface area contributed by atoms with Crippen LogP contribution in [-0.4, -0.2) is 37.9 Å². The Morgan fingerprint density at radius 1 is 1.44 bits per heavy atom. The molecule has 9 heteroatoms. The quantitative estimate of drug-likeness (QED) is 0.708. The summed E-state index contributed by atoms with van der Waals surface area (Å²) in [4.78, 5) is 10.9. The first-order valence-electron chi connectivity index (χ1n) is 4.67. The van der Waals surface area contributed by atoms with Crippen molar-refractivity contribution in [2.45, 2.75) is 0 Å². The van der Waals surface area contributed by atoms with Crippen molar-refractivity contribution in [3.8, 4) is 0 Å². The summed E-state index contributed by atoms with van der Waals surface area (Å²) in [5, 5.41) is 8.93. The molecule has 0 radical (unpaired) electrons. The molecule has 100 valence electrons. The van der Waals surface area contributed by atoms with Crippen LogP contribution in [0.25, 0.3) is 0 Å². The van der Waals surface area contributed by atoms with Crippen molar-refractivity contribution in [3.05, 3.63) is 22.2 Å². The highest BCUT2D eigenvalue weighted by atomic mass is 79.9. The van der Waals surface area contributed by atoms with Crippen molar-refractivity contribution in [3.63, 3.8) is 0 Å². The minimum absolute atomic E-state index is 0.00970. The van der Waals surface area contributed by atoms with Crippen molar-refractivity contribution in [1.82, 2.24) is 4.31 Å². The second-order valence-electron chi connectivity index (χ2n) is 3.61. The zero-order chi connectivity index (χ0) is 14.1. The van der Waals surface area contributed by atoms with E-state index in [0.717, 1.165) is 4.31 Å². The monoisotopic (exact) mass is 337 g/mol. The summed E-state index contributed by atoms with van der Waals surface area (Å²) in [6.07, 6.45) is 0. The fourth-order valence-electron chi connectivity index (χ4n) is 1.11. The molecule has 0 aliphatic rings. The molecule has 0 aromatic heterocycles. The molecule has 0 saturated heterocycles. The Labute approximate surface area is 113 Å². The third-order valence-electron chi connectivity index (χ3n) is 2.09. The lowest BCUT2D eigenvalue weighted by Gasteiger charge is -2.16. The molecule has 4 N–H and O–H groups in total. The van der Waals surface area contributed by atoms with E-state index in [1.54, 1.807) is 0 Å². The van der Waals surface area contributed by atoms with Crippen LogP contribution in [0.3, 0.4) is 0 Å². The first-order valence-corrected chi connectivity index (χ1v) is 6.91. The van der Waals surface area contributed by atoms with Gasteiger partial charge in [0.2, 0.25) is 0 Å². The molecule has 0 saturated carbocycles. The predicted molar refractivity (Wildman–Crippen MR) is 71.7 cm³/mol. The number of benzene rings is 1. The molecule has 0 fully saturated rings. The maximum Gasteiger partial charge on any atom is 0.337 e. The lowest BCUT2D eigenvalue weighted by molar-refractivity contribution is 0.0698. The maximum absolute atomic E-state index is 11.6. The van der Waals surface area contributed by atoms with E-state index in [1.165, 1.54) is 26.2 Å². The Morgan fingerprint density at radius 3 is 2.44 bits per heavy atom. The Hall–Kier alpha value is -1.32. The van der Waals surface area contributed by atoms with Gasteiger partial charge in [-0.05, 0) is 12.1 Å². The largest absolute Gasteiger partial charge is 0.478 e. The second-order valence-corrected chi connectivity index (χ2v) is 6.41. The Kier molecular flexibility index (Phi) is 4.20. The number of carboxylic acid groups (broad SMARTS) is 1. The van der Waals surface area contributed by atoms with Crippen LogP contribution in [0.2, 0.25) is 0 Å². The van der Waals surface area contributed by atoms with Gasteiger partial charge in [-0.3, -0.25) is 4.72 Å². The van der Waals surface area contributed by atoms with Crippen molar-refractivity contribution >= 4 is 43.5 Å². The Morgan fingerprint density at radius 2 is 2.00 bits per heavy atom. The molecule has 7 nitrogen and oxygen atoms in total. The Bertz CT molecular complexity index is 586. The zero-order valence-corrected chi connectivity index (χ0v) is 12.0. The average Bonchev–Trinajstić information content (AvgIpc) is 2.21. The predicted octanol–water partition coefficient (Wildman–Crippen LogP) is 0.948. The normalized spacial score (nSPS) is 11.6. The maximum atomic E-state index is 11.6. The van der Waals surface area contributed by atoms with Crippen LogP contribution in [0.5, 0.6) is 0 Å². The molecule has 0 aliphatic heterocycles. The van der Waals surface area contributed by atoms with Gasteiger partial charge in [-0.1, -0.05) is 15.9 Å². The Balaban J connectivity index is 3.31. The van der Waals surface area contributed by atoms with Crippen LogP contribution < -0.4 is 10.5 Å². The number of nitrogens with zero attached hydrogens (tertiary/aromatic N) is 1. The smallest absolute Gasteiger partial charge is 0.337 e. The van der Waals surface area contributed by atoms with E-state index >= 15 is 0 Å². The standard InChI is InChI=1S/C9H12BrN3O4S/c1-13(2)18(16,17)12-7-4-5(10)3-6(8(7)11)9(14)15/h3-4,12H,11H2,1-2H3,(H,14,15). The number of rotatable bonds is 4. The van der Waals surface area contributed by atoms with E-state index in [1.807, 2.05) is 0 Å². The number of nitrogens with one attached hydrogen (secondary N) is 1. The van der Waals surface area contributed by atoms with Crippen LogP contribution in [0.1, 0.15) is 10.4 Å². The molecule has 0 amide bonds. The number of nitrogens with two attached hydrogens (primary N) is 1. The molecule has 18 heavy (non-hydrogen) atoms. The highest BCUT2D eigenvalue weighted by Gasteiger charge is 2.19. The SMILES string of the molecule is CN(C)S(=O)(=O)Nc1cc(Br)cc(C(=O)O)c1N. The van der Waals surface area contributed by atoms with Gasteiger partial charge in [-0.15, -0.1) is 0 Å². The summed E-state index contributed by atoms with van der Waals surface area (Å²) in [5.74, 6) is -1.24. The van der Waals surface area contributed by atoms with Crippen LogP contribution in [0.15, 0.2) is 16.6 Å². The highest BCUT2D eigenvalue weighted by molar-refractivity contribution is 9.10. The summed E-state index contributed by atoms with van der Waals surface area (Å²) in [5.41, 5.74) is 5.30. The summed E-state index contributed by atoms with van der Waals surface area (Å²) in [6, 6.07) is 2.69. The van der Waals surface area contributed by atoms with Crippen molar-refractivity contribution < 1.29 is 18.3 Å². The second kappa shape index (κ2) is 5.12. The third kappa shape index (κ3) is 3.12.